The highest BCUT2D eigenvalue weighted by Gasteiger charge is 2.52. The molecule has 0 radical (unpaired) electrons. The van der Waals surface area contributed by atoms with Crippen LogP contribution >= 0.6 is 0 Å². The SMILES string of the molecule is CC(=O)O[C@H]1O[C@@H]2COC(c3ccccc3)O[C@H]2[C@H](OC(C)=O)[C@H]1O. The number of carbonyl (C=O) groups is 2. The lowest BCUT2D eigenvalue weighted by molar-refractivity contribution is -0.356. The van der Waals surface area contributed by atoms with Gasteiger partial charge in [-0.3, -0.25) is 9.59 Å². The molecule has 0 amide bonds. The minimum atomic E-state index is -1.37. The normalized spacial score (nSPS) is 34.7. The summed E-state index contributed by atoms with van der Waals surface area (Å²) in [5, 5.41) is 10.4. The molecule has 1 unspecified atom stereocenters. The molecular formula is C17H20O8. The number of rotatable bonds is 3. The molecule has 2 fully saturated rings. The fourth-order valence-corrected chi connectivity index (χ4v) is 2.93. The number of esters is 2. The van der Waals surface area contributed by atoms with Crippen LogP contribution in [0.3, 0.4) is 0 Å². The van der Waals surface area contributed by atoms with Crippen molar-refractivity contribution < 1.29 is 38.4 Å². The van der Waals surface area contributed by atoms with E-state index in [0.717, 1.165) is 5.56 Å². The van der Waals surface area contributed by atoms with Gasteiger partial charge in [0.2, 0.25) is 6.29 Å². The van der Waals surface area contributed by atoms with Gasteiger partial charge in [-0.25, -0.2) is 0 Å². The van der Waals surface area contributed by atoms with Gasteiger partial charge in [-0.1, -0.05) is 30.3 Å². The van der Waals surface area contributed by atoms with Crippen molar-refractivity contribution in [3.8, 4) is 0 Å². The van der Waals surface area contributed by atoms with Gasteiger partial charge in [-0.15, -0.1) is 0 Å². The standard InChI is InChI=1S/C17H20O8/c1-9(18)22-15-13(20)17(23-10(2)19)24-12-8-21-16(25-14(12)15)11-6-4-3-5-7-11/h3-7,12-17,20H,8H2,1-2H3/t12-,13-,14-,15-,16?,17+/m1/s1. The molecule has 8 heteroatoms. The molecule has 2 saturated heterocycles. The summed E-state index contributed by atoms with van der Waals surface area (Å²) < 4.78 is 27.3. The number of hydrogen-bond acceptors (Lipinski definition) is 8. The van der Waals surface area contributed by atoms with E-state index in [1.54, 1.807) is 0 Å². The van der Waals surface area contributed by atoms with Crippen molar-refractivity contribution >= 4 is 11.9 Å². The van der Waals surface area contributed by atoms with Crippen molar-refractivity contribution in [2.45, 2.75) is 50.8 Å². The highest BCUT2D eigenvalue weighted by molar-refractivity contribution is 5.67. The van der Waals surface area contributed by atoms with Gasteiger partial charge < -0.3 is 28.8 Å². The van der Waals surface area contributed by atoms with Crippen LogP contribution in [-0.2, 0) is 33.3 Å². The van der Waals surface area contributed by atoms with Crippen LogP contribution < -0.4 is 0 Å². The topological polar surface area (TPSA) is 101 Å². The molecule has 2 heterocycles. The molecule has 6 atom stereocenters. The number of hydrogen-bond donors (Lipinski definition) is 1. The maximum absolute atomic E-state index is 11.4. The highest BCUT2D eigenvalue weighted by Crippen LogP contribution is 2.35. The first-order valence-electron chi connectivity index (χ1n) is 7.95. The number of carbonyl (C=O) groups excluding carboxylic acids is 2. The molecule has 0 saturated carbocycles. The summed E-state index contributed by atoms with van der Waals surface area (Å²) in [6.07, 6.45) is -5.77. The Kier molecular flexibility index (Phi) is 5.33. The summed E-state index contributed by atoms with van der Waals surface area (Å²) in [6.45, 7) is 2.56. The zero-order valence-electron chi connectivity index (χ0n) is 13.9. The van der Waals surface area contributed by atoms with E-state index in [2.05, 4.69) is 0 Å². The minimum Gasteiger partial charge on any atom is -0.457 e. The van der Waals surface area contributed by atoms with Crippen molar-refractivity contribution in [1.29, 1.82) is 0 Å². The molecule has 2 aliphatic rings. The number of benzene rings is 1. The predicted octanol–water partition coefficient (Wildman–Crippen LogP) is 0.681. The van der Waals surface area contributed by atoms with Gasteiger partial charge in [0.05, 0.1) is 6.61 Å². The van der Waals surface area contributed by atoms with Crippen LogP contribution in [0, 0.1) is 0 Å². The number of aliphatic hydroxyl groups excluding tert-OH is 1. The second-order valence-electron chi connectivity index (χ2n) is 5.89. The molecular weight excluding hydrogens is 332 g/mol. The lowest BCUT2D eigenvalue weighted by Gasteiger charge is -2.46. The van der Waals surface area contributed by atoms with Gasteiger partial charge in [-0.2, -0.15) is 0 Å². The summed E-state index contributed by atoms with van der Waals surface area (Å²) in [5.74, 6) is -1.21. The largest absolute Gasteiger partial charge is 0.457 e. The van der Waals surface area contributed by atoms with Crippen molar-refractivity contribution in [3.05, 3.63) is 35.9 Å². The zero-order valence-corrected chi connectivity index (χ0v) is 13.9. The maximum Gasteiger partial charge on any atom is 0.305 e. The van der Waals surface area contributed by atoms with Crippen molar-refractivity contribution in [2.75, 3.05) is 6.61 Å². The third kappa shape index (κ3) is 3.98. The summed E-state index contributed by atoms with van der Waals surface area (Å²) in [6, 6.07) is 9.25. The van der Waals surface area contributed by atoms with Crippen LogP contribution in [0.4, 0.5) is 0 Å². The lowest BCUT2D eigenvalue weighted by Crippen LogP contribution is -2.63. The van der Waals surface area contributed by atoms with Gasteiger partial charge in [0.15, 0.2) is 18.5 Å². The minimum absolute atomic E-state index is 0.131. The fraction of sp³-hybridized carbons (Fsp3) is 0.529. The van der Waals surface area contributed by atoms with Crippen LogP contribution in [0.2, 0.25) is 0 Å². The van der Waals surface area contributed by atoms with Crippen LogP contribution in [-0.4, -0.2) is 54.4 Å². The average Bonchev–Trinajstić information content (AvgIpc) is 2.58. The van der Waals surface area contributed by atoms with Gasteiger partial charge in [0, 0.05) is 19.4 Å². The third-order valence-electron chi connectivity index (χ3n) is 3.96. The maximum atomic E-state index is 11.4. The molecule has 25 heavy (non-hydrogen) atoms. The first kappa shape index (κ1) is 17.8. The molecule has 3 rings (SSSR count). The monoisotopic (exact) mass is 352 g/mol. The molecule has 1 aromatic rings. The molecule has 1 N–H and O–H groups in total. The van der Waals surface area contributed by atoms with E-state index in [1.807, 2.05) is 30.3 Å². The quantitative estimate of drug-likeness (QED) is 0.793. The fourth-order valence-electron chi connectivity index (χ4n) is 2.93. The molecule has 0 aromatic heterocycles. The van der Waals surface area contributed by atoms with Crippen LogP contribution in [0.15, 0.2) is 30.3 Å². The summed E-state index contributed by atoms with van der Waals surface area (Å²) in [7, 11) is 0. The molecule has 0 spiro atoms. The first-order valence-corrected chi connectivity index (χ1v) is 7.95. The Labute approximate surface area is 144 Å². The summed E-state index contributed by atoms with van der Waals surface area (Å²) in [5.41, 5.74) is 0.791. The zero-order chi connectivity index (χ0) is 18.0. The molecule has 8 nitrogen and oxygen atoms in total. The Bertz CT molecular complexity index is 618. The second kappa shape index (κ2) is 7.49. The average molecular weight is 352 g/mol. The van der Waals surface area contributed by atoms with Gasteiger partial charge in [-0.05, 0) is 0 Å². The van der Waals surface area contributed by atoms with E-state index in [1.165, 1.54) is 13.8 Å². The van der Waals surface area contributed by atoms with Crippen molar-refractivity contribution in [2.24, 2.45) is 0 Å². The first-order chi connectivity index (χ1) is 12.0. The molecule has 2 aliphatic heterocycles. The molecule has 0 aliphatic carbocycles. The number of aliphatic hydroxyl groups is 1. The van der Waals surface area contributed by atoms with E-state index in [4.69, 9.17) is 23.7 Å². The third-order valence-corrected chi connectivity index (χ3v) is 3.96. The smallest absolute Gasteiger partial charge is 0.305 e. The Hall–Kier alpha value is -2.00. The molecule has 0 bridgehead atoms. The van der Waals surface area contributed by atoms with Crippen LogP contribution in [0.25, 0.3) is 0 Å². The number of fused-ring (bicyclic) bond motifs is 1. The lowest BCUT2D eigenvalue weighted by atomic mass is 9.97. The van der Waals surface area contributed by atoms with Crippen LogP contribution in [0.1, 0.15) is 25.7 Å². The number of ether oxygens (including phenoxy) is 5. The van der Waals surface area contributed by atoms with Gasteiger partial charge in [0.1, 0.15) is 12.2 Å². The van der Waals surface area contributed by atoms with Crippen LogP contribution in [0.5, 0.6) is 0 Å². The van der Waals surface area contributed by atoms with Crippen molar-refractivity contribution in [3.63, 3.8) is 0 Å². The molecule has 1 aromatic carbocycles. The van der Waals surface area contributed by atoms with E-state index in [0.29, 0.717) is 0 Å². The van der Waals surface area contributed by atoms with Gasteiger partial charge >= 0.3 is 11.9 Å². The Morgan fingerprint density at radius 3 is 2.40 bits per heavy atom. The van der Waals surface area contributed by atoms with Crippen molar-refractivity contribution in [1.82, 2.24) is 0 Å². The molecule has 136 valence electrons. The van der Waals surface area contributed by atoms with Gasteiger partial charge in [0.25, 0.3) is 0 Å². The Morgan fingerprint density at radius 2 is 1.76 bits per heavy atom. The highest BCUT2D eigenvalue weighted by atomic mass is 16.8. The summed E-state index contributed by atoms with van der Waals surface area (Å²) >= 11 is 0. The van der Waals surface area contributed by atoms with E-state index in [-0.39, 0.29) is 6.61 Å². The predicted molar refractivity (Wildman–Crippen MR) is 82.0 cm³/mol. The summed E-state index contributed by atoms with van der Waals surface area (Å²) in [4.78, 5) is 22.6. The van der Waals surface area contributed by atoms with E-state index < -0.39 is 48.9 Å². The second-order valence-corrected chi connectivity index (χ2v) is 5.89. The Balaban J connectivity index is 1.80. The van der Waals surface area contributed by atoms with E-state index in [9.17, 15) is 14.7 Å². The Morgan fingerprint density at radius 1 is 1.08 bits per heavy atom. The van der Waals surface area contributed by atoms with E-state index >= 15 is 0 Å².